The van der Waals surface area contributed by atoms with E-state index in [0.717, 1.165) is 6.42 Å². The SMILES string of the molecule is CCCCCCCCC=C[CH]C#N. The van der Waals surface area contributed by atoms with E-state index in [0.29, 0.717) is 0 Å². The zero-order chi connectivity index (χ0) is 9.78. The first kappa shape index (κ1) is 12.2. The Morgan fingerprint density at radius 3 is 2.46 bits per heavy atom. The average molecular weight is 178 g/mol. The van der Waals surface area contributed by atoms with E-state index >= 15 is 0 Å². The predicted octanol–water partition coefficient (Wildman–Crippen LogP) is 4.02. The molecule has 1 heteroatoms. The number of nitriles is 1. The van der Waals surface area contributed by atoms with Crippen molar-refractivity contribution in [3.05, 3.63) is 18.6 Å². The lowest BCUT2D eigenvalue weighted by atomic mass is 10.1. The summed E-state index contributed by atoms with van der Waals surface area (Å²) in [6.45, 7) is 2.24. The molecule has 0 amide bonds. The molecule has 0 atom stereocenters. The van der Waals surface area contributed by atoms with Gasteiger partial charge in [-0.2, -0.15) is 5.26 Å². The van der Waals surface area contributed by atoms with E-state index in [1.807, 2.05) is 12.1 Å². The van der Waals surface area contributed by atoms with Crippen molar-refractivity contribution in [3.63, 3.8) is 0 Å². The van der Waals surface area contributed by atoms with Gasteiger partial charge in [-0.3, -0.25) is 0 Å². The normalized spacial score (nSPS) is 10.5. The third-order valence-corrected chi connectivity index (χ3v) is 2.03. The summed E-state index contributed by atoms with van der Waals surface area (Å²) in [5.41, 5.74) is 0. The van der Waals surface area contributed by atoms with Crippen LogP contribution in [0.5, 0.6) is 0 Å². The van der Waals surface area contributed by atoms with Gasteiger partial charge in [0.25, 0.3) is 0 Å². The Hall–Kier alpha value is -0.770. The Morgan fingerprint density at radius 2 is 1.77 bits per heavy atom. The van der Waals surface area contributed by atoms with Gasteiger partial charge < -0.3 is 0 Å². The summed E-state index contributed by atoms with van der Waals surface area (Å²) < 4.78 is 0. The molecular weight excluding hydrogens is 158 g/mol. The number of hydrogen-bond acceptors (Lipinski definition) is 1. The van der Waals surface area contributed by atoms with Gasteiger partial charge in [0.15, 0.2) is 0 Å². The van der Waals surface area contributed by atoms with Gasteiger partial charge in [0.2, 0.25) is 0 Å². The molecule has 0 aliphatic rings. The number of allylic oxidation sites excluding steroid dienone is 2. The molecule has 13 heavy (non-hydrogen) atoms. The van der Waals surface area contributed by atoms with Gasteiger partial charge in [-0.1, -0.05) is 51.2 Å². The first-order valence-corrected chi connectivity index (χ1v) is 5.29. The summed E-state index contributed by atoms with van der Waals surface area (Å²) in [5.74, 6) is 0. The summed E-state index contributed by atoms with van der Waals surface area (Å²) >= 11 is 0. The maximum atomic E-state index is 8.21. The van der Waals surface area contributed by atoms with Crippen molar-refractivity contribution in [3.8, 4) is 6.07 Å². The summed E-state index contributed by atoms with van der Waals surface area (Å²) in [6.07, 6.45) is 14.6. The second-order valence-electron chi connectivity index (χ2n) is 3.28. The summed E-state index contributed by atoms with van der Waals surface area (Å²) in [7, 11) is 0. The largest absolute Gasteiger partial charge is 0.198 e. The van der Waals surface area contributed by atoms with E-state index in [2.05, 4.69) is 13.0 Å². The zero-order valence-electron chi connectivity index (χ0n) is 8.63. The van der Waals surface area contributed by atoms with Crippen LogP contribution in [0.3, 0.4) is 0 Å². The minimum atomic E-state index is 1.12. The lowest BCUT2D eigenvalue weighted by Gasteiger charge is -1.97. The van der Waals surface area contributed by atoms with E-state index in [4.69, 9.17) is 5.26 Å². The Labute approximate surface area is 82.5 Å². The van der Waals surface area contributed by atoms with E-state index in [9.17, 15) is 0 Å². The molecule has 0 aromatic heterocycles. The predicted molar refractivity (Wildman–Crippen MR) is 57.0 cm³/mol. The second kappa shape index (κ2) is 11.2. The molecule has 1 nitrogen and oxygen atoms in total. The highest BCUT2D eigenvalue weighted by Crippen LogP contribution is 2.07. The smallest absolute Gasteiger partial charge is 0.0836 e. The molecule has 0 saturated heterocycles. The molecule has 0 saturated carbocycles. The molecule has 0 heterocycles. The molecule has 0 bridgehead atoms. The van der Waals surface area contributed by atoms with Crippen LogP contribution < -0.4 is 0 Å². The molecule has 0 N–H and O–H groups in total. The van der Waals surface area contributed by atoms with E-state index in [-0.39, 0.29) is 0 Å². The van der Waals surface area contributed by atoms with Gasteiger partial charge in [0.1, 0.15) is 0 Å². The number of nitrogens with zero attached hydrogens (tertiary/aromatic N) is 1. The van der Waals surface area contributed by atoms with Crippen molar-refractivity contribution in [2.45, 2.75) is 51.9 Å². The van der Waals surface area contributed by atoms with Crippen molar-refractivity contribution in [2.24, 2.45) is 0 Å². The van der Waals surface area contributed by atoms with Crippen LogP contribution in [-0.4, -0.2) is 0 Å². The highest BCUT2D eigenvalue weighted by Gasteiger charge is 1.87. The van der Waals surface area contributed by atoms with Gasteiger partial charge in [-0.25, -0.2) is 0 Å². The highest BCUT2D eigenvalue weighted by atomic mass is 14.2. The number of rotatable bonds is 8. The van der Waals surface area contributed by atoms with Crippen LogP contribution in [0.2, 0.25) is 0 Å². The fraction of sp³-hybridized carbons (Fsp3) is 0.667. The third kappa shape index (κ3) is 11.2. The molecule has 73 valence electrons. The van der Waals surface area contributed by atoms with Crippen LogP contribution in [0.4, 0.5) is 0 Å². The monoisotopic (exact) mass is 178 g/mol. The van der Waals surface area contributed by atoms with Gasteiger partial charge in [-0.05, 0) is 12.8 Å². The molecule has 0 unspecified atom stereocenters. The van der Waals surface area contributed by atoms with Gasteiger partial charge >= 0.3 is 0 Å². The lowest BCUT2D eigenvalue weighted by molar-refractivity contribution is 0.611. The maximum absolute atomic E-state index is 8.21. The molecule has 0 rings (SSSR count). The van der Waals surface area contributed by atoms with Crippen LogP contribution in [0.1, 0.15) is 51.9 Å². The maximum Gasteiger partial charge on any atom is 0.0836 e. The Kier molecular flexibility index (Phi) is 10.6. The van der Waals surface area contributed by atoms with Crippen molar-refractivity contribution in [1.82, 2.24) is 0 Å². The van der Waals surface area contributed by atoms with Gasteiger partial charge in [-0.15, -0.1) is 0 Å². The van der Waals surface area contributed by atoms with Crippen molar-refractivity contribution < 1.29 is 0 Å². The highest BCUT2D eigenvalue weighted by molar-refractivity contribution is 5.08. The molecule has 0 spiro atoms. The molecule has 0 aliphatic carbocycles. The quantitative estimate of drug-likeness (QED) is 0.515. The molecule has 0 fully saturated rings. The average Bonchev–Trinajstić information content (AvgIpc) is 2.16. The fourth-order valence-electron chi connectivity index (χ4n) is 1.25. The van der Waals surface area contributed by atoms with Gasteiger partial charge in [0, 0.05) is 0 Å². The van der Waals surface area contributed by atoms with Crippen LogP contribution in [0.15, 0.2) is 12.2 Å². The van der Waals surface area contributed by atoms with Gasteiger partial charge in [0.05, 0.1) is 12.5 Å². The summed E-state index contributed by atoms with van der Waals surface area (Å²) in [4.78, 5) is 0. The van der Waals surface area contributed by atoms with Crippen molar-refractivity contribution in [2.75, 3.05) is 0 Å². The minimum Gasteiger partial charge on any atom is -0.198 e. The Balaban J connectivity index is 2.96. The second-order valence-corrected chi connectivity index (χ2v) is 3.28. The first-order valence-electron chi connectivity index (χ1n) is 5.29. The van der Waals surface area contributed by atoms with Crippen LogP contribution in [0, 0.1) is 17.8 Å². The minimum absolute atomic E-state index is 1.12. The molecule has 1 radical (unpaired) electrons. The fourth-order valence-corrected chi connectivity index (χ4v) is 1.25. The molecular formula is C12H20N. The number of unbranched alkanes of at least 4 members (excludes halogenated alkanes) is 6. The zero-order valence-corrected chi connectivity index (χ0v) is 8.63. The van der Waals surface area contributed by atoms with Crippen LogP contribution in [0.25, 0.3) is 0 Å². The van der Waals surface area contributed by atoms with E-state index in [1.54, 1.807) is 0 Å². The molecule has 0 aromatic carbocycles. The Bertz CT molecular complexity index is 153. The van der Waals surface area contributed by atoms with Crippen LogP contribution in [-0.2, 0) is 0 Å². The first-order chi connectivity index (χ1) is 6.41. The standard InChI is InChI=1S/C12H20N/c1-2-3-4-5-6-7-8-9-10-11-12-13/h9-11H,2-8H2,1H3. The van der Waals surface area contributed by atoms with Crippen molar-refractivity contribution in [1.29, 1.82) is 5.26 Å². The molecule has 0 aliphatic heterocycles. The lowest BCUT2D eigenvalue weighted by Crippen LogP contribution is -1.77. The third-order valence-electron chi connectivity index (χ3n) is 2.03. The summed E-state index contributed by atoms with van der Waals surface area (Å²) in [6, 6.07) is 1.97. The van der Waals surface area contributed by atoms with Crippen LogP contribution >= 0.6 is 0 Å². The van der Waals surface area contributed by atoms with E-state index < -0.39 is 0 Å². The molecule has 0 aromatic rings. The number of hydrogen-bond donors (Lipinski definition) is 0. The van der Waals surface area contributed by atoms with E-state index in [1.165, 1.54) is 44.9 Å². The Morgan fingerprint density at radius 1 is 1.08 bits per heavy atom. The van der Waals surface area contributed by atoms with Crippen molar-refractivity contribution >= 4 is 0 Å². The topological polar surface area (TPSA) is 23.8 Å². The summed E-state index contributed by atoms with van der Waals surface area (Å²) in [5, 5.41) is 8.21.